The highest BCUT2D eigenvalue weighted by Crippen LogP contribution is 2.32. The average molecular weight is 367 g/mol. The Morgan fingerprint density at radius 2 is 1.88 bits per heavy atom. The van der Waals surface area contributed by atoms with E-state index in [0.29, 0.717) is 37.6 Å². The van der Waals surface area contributed by atoms with Gasteiger partial charge in [-0.05, 0) is 25.0 Å². The SMILES string of the molecule is O=C(C1CC1)N1CCN(c2ccc(-c3noc(C(F)(F)F)n3)cn2)CC1. The molecule has 0 bridgehead atoms. The molecule has 1 saturated carbocycles. The third-order valence-corrected chi connectivity index (χ3v) is 4.52. The third kappa shape index (κ3) is 3.35. The van der Waals surface area contributed by atoms with Crippen LogP contribution in [0, 0.1) is 5.92 Å². The summed E-state index contributed by atoms with van der Waals surface area (Å²) in [4.78, 5) is 23.6. The van der Waals surface area contributed by atoms with Crippen LogP contribution in [0.5, 0.6) is 0 Å². The second-order valence-corrected chi connectivity index (χ2v) is 6.41. The first kappa shape index (κ1) is 16.8. The van der Waals surface area contributed by atoms with E-state index in [-0.39, 0.29) is 17.6 Å². The average Bonchev–Trinajstić information content (AvgIpc) is 3.36. The Morgan fingerprint density at radius 3 is 2.42 bits per heavy atom. The minimum atomic E-state index is -4.67. The number of hydrogen-bond acceptors (Lipinski definition) is 6. The standard InChI is InChI=1S/C16H16F3N5O2/c17-16(18,19)15-21-13(22-26-15)11-3-4-12(20-9-11)23-5-7-24(8-6-23)14(25)10-1-2-10/h3-4,9-10H,1-2,5-8H2. The summed E-state index contributed by atoms with van der Waals surface area (Å²) in [5, 5.41) is 3.34. The maximum absolute atomic E-state index is 12.5. The lowest BCUT2D eigenvalue weighted by Crippen LogP contribution is -2.49. The van der Waals surface area contributed by atoms with Gasteiger partial charge >= 0.3 is 12.1 Å². The molecule has 26 heavy (non-hydrogen) atoms. The summed E-state index contributed by atoms with van der Waals surface area (Å²) in [6, 6.07) is 3.31. The van der Waals surface area contributed by atoms with Crippen molar-refractivity contribution >= 4 is 11.7 Å². The van der Waals surface area contributed by atoms with E-state index in [2.05, 4.69) is 19.6 Å². The van der Waals surface area contributed by atoms with Gasteiger partial charge in [0.05, 0.1) is 0 Å². The van der Waals surface area contributed by atoms with Gasteiger partial charge in [0.15, 0.2) is 0 Å². The van der Waals surface area contributed by atoms with Crippen LogP contribution in [0.25, 0.3) is 11.4 Å². The van der Waals surface area contributed by atoms with Crippen molar-refractivity contribution in [1.82, 2.24) is 20.0 Å². The van der Waals surface area contributed by atoms with Crippen LogP contribution in [0.1, 0.15) is 18.7 Å². The largest absolute Gasteiger partial charge is 0.471 e. The fourth-order valence-electron chi connectivity index (χ4n) is 2.91. The molecule has 10 heteroatoms. The van der Waals surface area contributed by atoms with E-state index in [9.17, 15) is 18.0 Å². The molecule has 0 aromatic carbocycles. The van der Waals surface area contributed by atoms with E-state index in [1.165, 1.54) is 6.20 Å². The molecule has 1 amide bonds. The monoisotopic (exact) mass is 367 g/mol. The molecule has 0 spiro atoms. The van der Waals surface area contributed by atoms with Gasteiger partial charge in [-0.15, -0.1) is 0 Å². The van der Waals surface area contributed by atoms with Crippen molar-refractivity contribution in [2.45, 2.75) is 19.0 Å². The molecule has 1 aliphatic carbocycles. The Balaban J connectivity index is 1.40. The van der Waals surface area contributed by atoms with E-state index < -0.39 is 12.1 Å². The Bertz CT molecular complexity index is 793. The fraction of sp³-hybridized carbons (Fsp3) is 0.500. The van der Waals surface area contributed by atoms with Crippen molar-refractivity contribution in [3.8, 4) is 11.4 Å². The molecule has 2 aromatic rings. The molecule has 4 rings (SSSR count). The Morgan fingerprint density at radius 1 is 1.15 bits per heavy atom. The number of halogens is 3. The number of carbonyl (C=O) groups excluding carboxylic acids is 1. The van der Waals surface area contributed by atoms with Crippen LogP contribution in [-0.2, 0) is 11.0 Å². The highest BCUT2D eigenvalue weighted by molar-refractivity contribution is 5.81. The van der Waals surface area contributed by atoms with Gasteiger partial charge < -0.3 is 14.3 Å². The van der Waals surface area contributed by atoms with Crippen molar-refractivity contribution in [2.24, 2.45) is 5.92 Å². The van der Waals surface area contributed by atoms with Crippen molar-refractivity contribution in [2.75, 3.05) is 31.1 Å². The number of carbonyl (C=O) groups is 1. The summed E-state index contributed by atoms with van der Waals surface area (Å²) in [6.45, 7) is 2.65. The van der Waals surface area contributed by atoms with E-state index in [0.717, 1.165) is 12.8 Å². The number of nitrogens with zero attached hydrogens (tertiary/aromatic N) is 5. The lowest BCUT2D eigenvalue weighted by Gasteiger charge is -2.35. The van der Waals surface area contributed by atoms with Gasteiger partial charge in [0.2, 0.25) is 11.7 Å². The number of piperazine rings is 1. The molecular weight excluding hydrogens is 351 g/mol. The molecule has 1 saturated heterocycles. The summed E-state index contributed by atoms with van der Waals surface area (Å²) < 4.78 is 41.8. The molecule has 0 radical (unpaired) electrons. The summed E-state index contributed by atoms with van der Waals surface area (Å²) in [5.41, 5.74) is 0.343. The van der Waals surface area contributed by atoms with Gasteiger partial charge in [-0.1, -0.05) is 5.16 Å². The van der Waals surface area contributed by atoms with Gasteiger partial charge in [0, 0.05) is 43.9 Å². The number of alkyl halides is 3. The Kier molecular flexibility index (Phi) is 4.04. The minimum absolute atomic E-state index is 0.156. The lowest BCUT2D eigenvalue weighted by molar-refractivity contribution is -0.159. The topological polar surface area (TPSA) is 75.4 Å². The zero-order valence-electron chi connectivity index (χ0n) is 13.7. The first-order valence-corrected chi connectivity index (χ1v) is 8.33. The van der Waals surface area contributed by atoms with E-state index in [1.54, 1.807) is 12.1 Å². The van der Waals surface area contributed by atoms with Crippen molar-refractivity contribution in [3.05, 3.63) is 24.2 Å². The summed E-state index contributed by atoms with van der Waals surface area (Å²) in [6.07, 6.45) is -1.26. The maximum atomic E-state index is 12.5. The number of hydrogen-bond donors (Lipinski definition) is 0. The normalized spacial score (nSPS) is 18.3. The van der Waals surface area contributed by atoms with Crippen molar-refractivity contribution in [3.63, 3.8) is 0 Å². The first-order chi connectivity index (χ1) is 12.4. The molecule has 2 fully saturated rings. The Hall–Kier alpha value is -2.65. The maximum Gasteiger partial charge on any atom is 0.471 e. The molecule has 3 heterocycles. The summed E-state index contributed by atoms with van der Waals surface area (Å²) >= 11 is 0. The second kappa shape index (κ2) is 6.26. The zero-order valence-corrected chi connectivity index (χ0v) is 13.7. The summed E-state index contributed by atoms with van der Waals surface area (Å²) in [5.74, 6) is -0.378. The first-order valence-electron chi connectivity index (χ1n) is 8.33. The molecule has 0 atom stereocenters. The highest BCUT2D eigenvalue weighted by Gasteiger charge is 2.38. The zero-order chi connectivity index (χ0) is 18.3. The molecule has 2 aliphatic rings. The van der Waals surface area contributed by atoms with Crippen LogP contribution < -0.4 is 4.90 Å². The van der Waals surface area contributed by atoms with Gasteiger partial charge in [-0.3, -0.25) is 4.79 Å². The van der Waals surface area contributed by atoms with Crippen LogP contribution >= 0.6 is 0 Å². The molecular formula is C16H16F3N5O2. The number of pyridine rings is 1. The van der Waals surface area contributed by atoms with Gasteiger partial charge in [0.1, 0.15) is 5.82 Å². The van der Waals surface area contributed by atoms with Gasteiger partial charge in [-0.2, -0.15) is 18.2 Å². The highest BCUT2D eigenvalue weighted by atomic mass is 19.4. The van der Waals surface area contributed by atoms with Crippen LogP contribution in [0.3, 0.4) is 0 Å². The van der Waals surface area contributed by atoms with Crippen molar-refractivity contribution in [1.29, 1.82) is 0 Å². The molecule has 0 N–H and O–H groups in total. The van der Waals surface area contributed by atoms with Crippen LogP contribution in [0.2, 0.25) is 0 Å². The number of amides is 1. The second-order valence-electron chi connectivity index (χ2n) is 6.41. The number of anilines is 1. The fourth-order valence-corrected chi connectivity index (χ4v) is 2.91. The predicted octanol–water partition coefficient (Wildman–Crippen LogP) is 2.21. The van der Waals surface area contributed by atoms with Gasteiger partial charge in [-0.25, -0.2) is 4.98 Å². The van der Waals surface area contributed by atoms with Gasteiger partial charge in [0.25, 0.3) is 0 Å². The van der Waals surface area contributed by atoms with E-state index in [4.69, 9.17) is 0 Å². The molecule has 2 aromatic heterocycles. The molecule has 138 valence electrons. The smallest absolute Gasteiger partial charge is 0.353 e. The summed E-state index contributed by atoms with van der Waals surface area (Å²) in [7, 11) is 0. The predicted molar refractivity (Wildman–Crippen MR) is 84.0 cm³/mol. The molecule has 0 unspecified atom stereocenters. The number of aromatic nitrogens is 3. The quantitative estimate of drug-likeness (QED) is 0.828. The van der Waals surface area contributed by atoms with Crippen LogP contribution in [0.15, 0.2) is 22.9 Å². The van der Waals surface area contributed by atoms with Crippen molar-refractivity contribution < 1.29 is 22.5 Å². The lowest BCUT2D eigenvalue weighted by atomic mass is 10.2. The number of rotatable bonds is 3. The Labute approximate surface area is 146 Å². The third-order valence-electron chi connectivity index (χ3n) is 4.52. The van der Waals surface area contributed by atoms with E-state index >= 15 is 0 Å². The molecule has 1 aliphatic heterocycles. The minimum Gasteiger partial charge on any atom is -0.353 e. The van der Waals surface area contributed by atoms with Crippen LogP contribution in [-0.4, -0.2) is 52.1 Å². The van der Waals surface area contributed by atoms with Crippen LogP contribution in [0.4, 0.5) is 19.0 Å². The molecule has 7 nitrogen and oxygen atoms in total. The van der Waals surface area contributed by atoms with E-state index in [1.807, 2.05) is 9.80 Å².